The van der Waals surface area contributed by atoms with Crippen molar-refractivity contribution in [2.45, 2.75) is 25.4 Å². The standard InChI is InChI=1S/C10H13N3O2/c1-6-2-3-7(13(14)15)4-9(6)12-10-5-8(10)11/h2-4,8,10,12H,5,11H2,1H3. The van der Waals surface area contributed by atoms with Crippen LogP contribution in [0, 0.1) is 17.0 Å². The maximum absolute atomic E-state index is 10.6. The van der Waals surface area contributed by atoms with Crippen molar-refractivity contribution in [3.05, 3.63) is 33.9 Å². The van der Waals surface area contributed by atoms with E-state index >= 15 is 0 Å². The maximum Gasteiger partial charge on any atom is 0.271 e. The summed E-state index contributed by atoms with van der Waals surface area (Å²) in [6, 6.07) is 5.26. The van der Waals surface area contributed by atoms with Gasteiger partial charge in [0.15, 0.2) is 0 Å². The van der Waals surface area contributed by atoms with E-state index in [0.717, 1.165) is 17.7 Å². The lowest BCUT2D eigenvalue weighted by Crippen LogP contribution is -2.13. The summed E-state index contributed by atoms with van der Waals surface area (Å²) in [5.74, 6) is 0. The van der Waals surface area contributed by atoms with Gasteiger partial charge >= 0.3 is 0 Å². The molecule has 1 aromatic rings. The van der Waals surface area contributed by atoms with Crippen LogP contribution in [0.4, 0.5) is 11.4 Å². The smallest absolute Gasteiger partial charge is 0.271 e. The van der Waals surface area contributed by atoms with Gasteiger partial charge < -0.3 is 11.1 Å². The second-order valence-corrected chi connectivity index (χ2v) is 3.91. The van der Waals surface area contributed by atoms with Crippen LogP contribution in [0.2, 0.25) is 0 Å². The number of nitro groups is 1. The topological polar surface area (TPSA) is 81.2 Å². The number of nitrogens with one attached hydrogen (secondary N) is 1. The van der Waals surface area contributed by atoms with Crippen molar-refractivity contribution >= 4 is 11.4 Å². The van der Waals surface area contributed by atoms with Gasteiger partial charge in [-0.05, 0) is 18.9 Å². The van der Waals surface area contributed by atoms with E-state index in [0.29, 0.717) is 0 Å². The molecule has 1 saturated carbocycles. The first-order chi connectivity index (χ1) is 7.08. The minimum atomic E-state index is -0.391. The SMILES string of the molecule is Cc1ccc([N+](=O)[O-])cc1NC1CC1N. The van der Waals surface area contributed by atoms with Crippen molar-refractivity contribution in [3.63, 3.8) is 0 Å². The molecule has 0 bridgehead atoms. The summed E-state index contributed by atoms with van der Waals surface area (Å²) >= 11 is 0. The van der Waals surface area contributed by atoms with E-state index in [-0.39, 0.29) is 17.8 Å². The average Bonchev–Trinajstić information content (AvgIpc) is 2.85. The van der Waals surface area contributed by atoms with Crippen LogP contribution in [0.1, 0.15) is 12.0 Å². The van der Waals surface area contributed by atoms with Crippen molar-refractivity contribution < 1.29 is 4.92 Å². The largest absolute Gasteiger partial charge is 0.380 e. The number of benzene rings is 1. The van der Waals surface area contributed by atoms with Gasteiger partial charge in [0.05, 0.1) is 4.92 Å². The van der Waals surface area contributed by atoms with Gasteiger partial charge in [0.25, 0.3) is 5.69 Å². The first kappa shape index (κ1) is 9.92. The number of nitrogens with zero attached hydrogens (tertiary/aromatic N) is 1. The highest BCUT2D eigenvalue weighted by molar-refractivity contribution is 5.58. The number of hydrogen-bond acceptors (Lipinski definition) is 4. The molecule has 2 rings (SSSR count). The van der Waals surface area contributed by atoms with Crippen molar-refractivity contribution in [3.8, 4) is 0 Å². The van der Waals surface area contributed by atoms with Crippen LogP contribution in [0.5, 0.6) is 0 Å². The van der Waals surface area contributed by atoms with E-state index in [1.54, 1.807) is 12.1 Å². The minimum absolute atomic E-state index is 0.109. The van der Waals surface area contributed by atoms with Crippen molar-refractivity contribution in [2.24, 2.45) is 5.73 Å². The lowest BCUT2D eigenvalue weighted by Gasteiger charge is -2.07. The first-order valence-electron chi connectivity index (χ1n) is 4.85. The predicted octanol–water partition coefficient (Wildman–Crippen LogP) is 1.41. The third-order valence-corrected chi connectivity index (χ3v) is 2.61. The number of aryl methyl sites for hydroxylation is 1. The molecular weight excluding hydrogens is 194 g/mol. The Hall–Kier alpha value is -1.62. The fourth-order valence-electron chi connectivity index (χ4n) is 1.46. The number of nitrogens with two attached hydrogens (primary N) is 1. The van der Waals surface area contributed by atoms with Gasteiger partial charge in [0, 0.05) is 29.9 Å². The van der Waals surface area contributed by atoms with E-state index in [1.165, 1.54) is 6.07 Å². The molecule has 1 aliphatic rings. The average molecular weight is 207 g/mol. The zero-order valence-corrected chi connectivity index (χ0v) is 8.43. The predicted molar refractivity (Wildman–Crippen MR) is 57.8 cm³/mol. The Morgan fingerprint density at radius 2 is 2.27 bits per heavy atom. The molecule has 2 atom stereocenters. The molecule has 3 N–H and O–H groups in total. The summed E-state index contributed by atoms with van der Waals surface area (Å²) in [4.78, 5) is 10.2. The van der Waals surface area contributed by atoms with Crippen LogP contribution in [0.25, 0.3) is 0 Å². The van der Waals surface area contributed by atoms with Gasteiger partial charge in [-0.3, -0.25) is 10.1 Å². The quantitative estimate of drug-likeness (QED) is 0.580. The Balaban J connectivity index is 2.20. The number of anilines is 1. The fraction of sp³-hybridized carbons (Fsp3) is 0.400. The van der Waals surface area contributed by atoms with Gasteiger partial charge in [-0.25, -0.2) is 0 Å². The van der Waals surface area contributed by atoms with E-state index in [2.05, 4.69) is 5.32 Å². The Kier molecular flexibility index (Phi) is 2.32. The molecule has 5 heteroatoms. The lowest BCUT2D eigenvalue weighted by atomic mass is 10.2. The molecule has 1 aromatic carbocycles. The summed E-state index contributed by atoms with van der Waals surface area (Å²) in [5.41, 5.74) is 7.58. The van der Waals surface area contributed by atoms with Gasteiger partial charge in [-0.2, -0.15) is 0 Å². The Morgan fingerprint density at radius 3 is 2.80 bits per heavy atom. The molecule has 15 heavy (non-hydrogen) atoms. The summed E-state index contributed by atoms with van der Waals surface area (Å²) in [5, 5.41) is 13.8. The van der Waals surface area contributed by atoms with Crippen LogP contribution in [-0.2, 0) is 0 Å². The zero-order valence-electron chi connectivity index (χ0n) is 8.43. The molecule has 0 aromatic heterocycles. The monoisotopic (exact) mass is 207 g/mol. The third-order valence-electron chi connectivity index (χ3n) is 2.61. The second-order valence-electron chi connectivity index (χ2n) is 3.91. The van der Waals surface area contributed by atoms with E-state index in [9.17, 15) is 10.1 Å². The van der Waals surface area contributed by atoms with Crippen molar-refractivity contribution in [1.82, 2.24) is 0 Å². The Morgan fingerprint density at radius 1 is 1.60 bits per heavy atom. The molecule has 0 aliphatic heterocycles. The fourth-order valence-corrected chi connectivity index (χ4v) is 1.46. The molecule has 0 heterocycles. The van der Waals surface area contributed by atoms with Crippen LogP contribution < -0.4 is 11.1 Å². The van der Waals surface area contributed by atoms with Crippen LogP contribution in [0.15, 0.2) is 18.2 Å². The normalized spacial score (nSPS) is 23.6. The molecule has 0 amide bonds. The molecule has 1 fully saturated rings. The Labute approximate surface area is 87.4 Å². The maximum atomic E-state index is 10.6. The molecule has 0 saturated heterocycles. The number of nitro benzene ring substituents is 1. The molecule has 0 spiro atoms. The zero-order chi connectivity index (χ0) is 11.0. The van der Waals surface area contributed by atoms with Crippen molar-refractivity contribution in [1.29, 1.82) is 0 Å². The molecule has 0 radical (unpaired) electrons. The van der Waals surface area contributed by atoms with Crippen LogP contribution in [0.3, 0.4) is 0 Å². The summed E-state index contributed by atoms with van der Waals surface area (Å²) in [7, 11) is 0. The first-order valence-corrected chi connectivity index (χ1v) is 4.85. The number of rotatable bonds is 3. The van der Waals surface area contributed by atoms with Gasteiger partial charge in [-0.15, -0.1) is 0 Å². The highest BCUT2D eigenvalue weighted by Crippen LogP contribution is 2.28. The second kappa shape index (κ2) is 3.51. The molecule has 80 valence electrons. The summed E-state index contributed by atoms with van der Waals surface area (Å²) in [6.45, 7) is 1.92. The van der Waals surface area contributed by atoms with E-state index < -0.39 is 4.92 Å². The lowest BCUT2D eigenvalue weighted by molar-refractivity contribution is -0.384. The summed E-state index contributed by atoms with van der Waals surface area (Å²) < 4.78 is 0. The van der Waals surface area contributed by atoms with Gasteiger partial charge in [0.1, 0.15) is 0 Å². The van der Waals surface area contributed by atoms with E-state index in [1.807, 2.05) is 6.92 Å². The van der Waals surface area contributed by atoms with Gasteiger partial charge in [0.2, 0.25) is 0 Å². The highest BCUT2D eigenvalue weighted by atomic mass is 16.6. The van der Waals surface area contributed by atoms with E-state index in [4.69, 9.17) is 5.73 Å². The number of hydrogen-bond donors (Lipinski definition) is 2. The summed E-state index contributed by atoms with van der Waals surface area (Å²) in [6.07, 6.45) is 0.933. The van der Waals surface area contributed by atoms with Crippen molar-refractivity contribution in [2.75, 3.05) is 5.32 Å². The minimum Gasteiger partial charge on any atom is -0.380 e. The molecular formula is C10H13N3O2. The highest BCUT2D eigenvalue weighted by Gasteiger charge is 2.33. The molecule has 1 aliphatic carbocycles. The third kappa shape index (κ3) is 2.07. The molecule has 2 unspecified atom stereocenters. The Bertz CT molecular complexity index is 406. The van der Waals surface area contributed by atoms with Crippen LogP contribution >= 0.6 is 0 Å². The van der Waals surface area contributed by atoms with Gasteiger partial charge in [-0.1, -0.05) is 6.07 Å². The van der Waals surface area contributed by atoms with Crippen LogP contribution in [-0.4, -0.2) is 17.0 Å². The number of non-ortho nitro benzene ring substituents is 1. The molecule has 5 nitrogen and oxygen atoms in total.